The van der Waals surface area contributed by atoms with Crippen molar-refractivity contribution >= 4 is 16.7 Å². The van der Waals surface area contributed by atoms with Gasteiger partial charge in [0.05, 0.1) is 0 Å². The highest BCUT2D eigenvalue weighted by Crippen LogP contribution is 2.28. The van der Waals surface area contributed by atoms with Gasteiger partial charge in [-0.2, -0.15) is 0 Å². The van der Waals surface area contributed by atoms with Gasteiger partial charge in [0.25, 0.3) is 0 Å². The maximum atomic E-state index is 12.4. The van der Waals surface area contributed by atoms with E-state index in [1.807, 2.05) is 0 Å². The first kappa shape index (κ1) is 15.4. The average Bonchev–Trinajstić information content (AvgIpc) is 2.57. The number of hydrogen-bond donors (Lipinski definition) is 0. The Balaban J connectivity index is 1.79. The van der Waals surface area contributed by atoms with E-state index in [0.717, 1.165) is 30.8 Å². The van der Waals surface area contributed by atoms with Gasteiger partial charge in [0.15, 0.2) is 11.0 Å². The van der Waals surface area contributed by atoms with Crippen LogP contribution in [-0.4, -0.2) is 11.0 Å². The van der Waals surface area contributed by atoms with E-state index in [0.29, 0.717) is 5.78 Å². The fraction of sp³-hybridized carbons (Fsp3) is 0.350. The zero-order valence-corrected chi connectivity index (χ0v) is 13.7. The van der Waals surface area contributed by atoms with Gasteiger partial charge in [0, 0.05) is 34.9 Å². The van der Waals surface area contributed by atoms with Crippen LogP contribution in [0.4, 0.5) is 0 Å². The molecule has 22 heavy (non-hydrogen) atoms. The summed E-state index contributed by atoms with van der Waals surface area (Å²) in [4.78, 5) is 12.4. The number of Topliss-reactive ketones (excluding diaryl/α,β-unsaturated/α-hetero) is 1. The van der Waals surface area contributed by atoms with E-state index in [1.54, 1.807) is 0 Å². The fourth-order valence-electron chi connectivity index (χ4n) is 3.13. The van der Waals surface area contributed by atoms with Gasteiger partial charge in [0.1, 0.15) is 11.5 Å². The monoisotopic (exact) mass is 311 g/mol. The molecule has 1 aliphatic rings. The number of benzene rings is 2. The van der Waals surface area contributed by atoms with Gasteiger partial charge in [-0.25, -0.2) is 0 Å². The number of ketones is 1. The largest absolute Gasteiger partial charge is 0.294 e. The maximum absolute atomic E-state index is 12.4. The summed E-state index contributed by atoms with van der Waals surface area (Å²) < 4.78 is 0. The molecule has 1 nitrogen and oxygen atoms in total. The molecule has 0 bridgehead atoms. The Morgan fingerprint density at radius 1 is 0.818 bits per heavy atom. The first-order valence-electron chi connectivity index (χ1n) is 8.10. The van der Waals surface area contributed by atoms with Gasteiger partial charge in [-0.05, 0) is 12.8 Å². The highest BCUT2D eigenvalue weighted by atomic mass is 32.2. The van der Waals surface area contributed by atoms with Gasteiger partial charge in [0.2, 0.25) is 0 Å². The molecule has 1 fully saturated rings. The van der Waals surface area contributed by atoms with E-state index >= 15 is 0 Å². The summed E-state index contributed by atoms with van der Waals surface area (Å²) >= 11 is 0. The molecule has 0 radical (unpaired) electrons. The minimum atomic E-state index is 0.107. The lowest BCUT2D eigenvalue weighted by molar-refractivity contribution is -0.119. The molecule has 0 amide bonds. The molecule has 0 heterocycles. The van der Waals surface area contributed by atoms with Gasteiger partial charge in [-0.1, -0.05) is 60.7 Å². The molecule has 1 aliphatic carbocycles. The third-order valence-corrected chi connectivity index (χ3v) is 7.00. The van der Waals surface area contributed by atoms with E-state index in [2.05, 4.69) is 60.7 Å². The van der Waals surface area contributed by atoms with E-state index in [-0.39, 0.29) is 16.1 Å². The molecule has 3 rings (SSSR count). The van der Waals surface area contributed by atoms with Crippen LogP contribution in [0.5, 0.6) is 0 Å². The van der Waals surface area contributed by atoms with Crippen molar-refractivity contribution in [3.05, 3.63) is 71.8 Å². The predicted molar refractivity (Wildman–Crippen MR) is 94.9 cm³/mol. The standard InChI is InChI=1S/C20H23OS/c21-19-13-7-8-14-20(19)22(15-17-9-3-1-4-10-17)16-18-11-5-2-6-12-18/h1-6,9-12,20H,7-8,13-16H2/q+1. The van der Waals surface area contributed by atoms with Crippen molar-refractivity contribution < 1.29 is 4.79 Å². The molecule has 2 aromatic carbocycles. The summed E-state index contributed by atoms with van der Waals surface area (Å²) in [6.07, 6.45) is 4.17. The van der Waals surface area contributed by atoms with Gasteiger partial charge >= 0.3 is 0 Å². The molecule has 1 saturated carbocycles. The van der Waals surface area contributed by atoms with Crippen LogP contribution in [0, 0.1) is 0 Å². The summed E-state index contributed by atoms with van der Waals surface area (Å²) in [5, 5.41) is 0.272. The number of carbonyl (C=O) groups is 1. The Hall–Kier alpha value is -1.54. The van der Waals surface area contributed by atoms with E-state index < -0.39 is 0 Å². The Labute approximate surface area is 136 Å². The fourth-order valence-corrected chi connectivity index (χ4v) is 5.87. The second-order valence-electron chi connectivity index (χ2n) is 6.00. The first-order valence-corrected chi connectivity index (χ1v) is 9.72. The van der Waals surface area contributed by atoms with E-state index in [1.165, 1.54) is 17.5 Å². The van der Waals surface area contributed by atoms with E-state index in [4.69, 9.17) is 0 Å². The van der Waals surface area contributed by atoms with Crippen molar-refractivity contribution in [2.75, 3.05) is 0 Å². The molecule has 2 heteroatoms. The number of rotatable bonds is 5. The van der Waals surface area contributed by atoms with Gasteiger partial charge < -0.3 is 0 Å². The van der Waals surface area contributed by atoms with Crippen LogP contribution in [0.15, 0.2) is 60.7 Å². The molecule has 1 unspecified atom stereocenters. The quantitative estimate of drug-likeness (QED) is 0.742. The zero-order chi connectivity index (χ0) is 15.2. The molecule has 0 spiro atoms. The van der Waals surface area contributed by atoms with Gasteiger partial charge in [-0.3, -0.25) is 4.79 Å². The second kappa shape index (κ2) is 7.64. The van der Waals surface area contributed by atoms with Crippen LogP contribution < -0.4 is 0 Å². The van der Waals surface area contributed by atoms with Crippen molar-refractivity contribution in [1.29, 1.82) is 0 Å². The Morgan fingerprint density at radius 3 is 1.86 bits per heavy atom. The average molecular weight is 311 g/mol. The van der Waals surface area contributed by atoms with Gasteiger partial charge in [-0.15, -0.1) is 0 Å². The maximum Gasteiger partial charge on any atom is 0.184 e. The molecule has 0 aromatic heterocycles. The van der Waals surface area contributed by atoms with Crippen LogP contribution in [0.2, 0.25) is 0 Å². The Morgan fingerprint density at radius 2 is 1.36 bits per heavy atom. The molecular weight excluding hydrogens is 288 g/mol. The van der Waals surface area contributed by atoms with Crippen molar-refractivity contribution in [3.63, 3.8) is 0 Å². The molecule has 0 saturated heterocycles. The molecule has 1 atom stereocenters. The molecule has 0 N–H and O–H groups in total. The molecule has 0 aliphatic heterocycles. The van der Waals surface area contributed by atoms with Crippen molar-refractivity contribution in [2.45, 2.75) is 42.4 Å². The van der Waals surface area contributed by atoms with Crippen molar-refractivity contribution in [3.8, 4) is 0 Å². The molecule has 114 valence electrons. The third kappa shape index (κ3) is 4.01. The topological polar surface area (TPSA) is 17.1 Å². The van der Waals surface area contributed by atoms with Crippen LogP contribution >= 0.6 is 0 Å². The summed E-state index contributed by atoms with van der Waals surface area (Å²) in [5.74, 6) is 2.57. The van der Waals surface area contributed by atoms with Crippen molar-refractivity contribution in [2.24, 2.45) is 0 Å². The minimum absolute atomic E-state index is 0.107. The Kier molecular flexibility index (Phi) is 5.33. The highest BCUT2D eigenvalue weighted by Gasteiger charge is 2.38. The van der Waals surface area contributed by atoms with Crippen LogP contribution in [0.3, 0.4) is 0 Å². The lowest BCUT2D eigenvalue weighted by Crippen LogP contribution is -2.35. The highest BCUT2D eigenvalue weighted by molar-refractivity contribution is 7.96. The smallest absolute Gasteiger partial charge is 0.184 e. The van der Waals surface area contributed by atoms with E-state index in [9.17, 15) is 4.79 Å². The second-order valence-corrected chi connectivity index (χ2v) is 8.22. The molecular formula is C20H23OS+. The summed E-state index contributed by atoms with van der Waals surface area (Å²) in [7, 11) is 0.107. The number of hydrogen-bond acceptors (Lipinski definition) is 1. The summed E-state index contributed by atoms with van der Waals surface area (Å²) in [5.41, 5.74) is 2.72. The molecule has 2 aromatic rings. The lowest BCUT2D eigenvalue weighted by atomic mass is 9.99. The zero-order valence-electron chi connectivity index (χ0n) is 12.9. The van der Waals surface area contributed by atoms with Crippen LogP contribution in [0.25, 0.3) is 0 Å². The normalized spacial score (nSPS) is 18.6. The van der Waals surface area contributed by atoms with Crippen molar-refractivity contribution in [1.82, 2.24) is 0 Å². The number of carbonyl (C=O) groups excluding carboxylic acids is 1. The minimum Gasteiger partial charge on any atom is -0.294 e. The third-order valence-electron chi connectivity index (χ3n) is 4.29. The predicted octanol–water partition coefficient (Wildman–Crippen LogP) is 4.52. The summed E-state index contributed by atoms with van der Waals surface area (Å²) in [6, 6.07) is 21.3. The summed E-state index contributed by atoms with van der Waals surface area (Å²) in [6.45, 7) is 0. The first-order chi connectivity index (χ1) is 10.8. The van der Waals surface area contributed by atoms with Crippen LogP contribution in [-0.2, 0) is 27.2 Å². The SMILES string of the molecule is O=C1CCCCC1[S+](Cc1ccccc1)Cc1ccccc1. The Bertz CT molecular complexity index is 552. The lowest BCUT2D eigenvalue weighted by Gasteiger charge is -2.22. The van der Waals surface area contributed by atoms with Crippen LogP contribution in [0.1, 0.15) is 36.8 Å².